The highest BCUT2D eigenvalue weighted by molar-refractivity contribution is 5.51. The van der Waals surface area contributed by atoms with Crippen molar-refractivity contribution in [2.45, 2.75) is 19.6 Å². The molecule has 0 aliphatic rings. The van der Waals surface area contributed by atoms with Gasteiger partial charge in [0.25, 0.3) is 0 Å². The van der Waals surface area contributed by atoms with Crippen LogP contribution in [0.1, 0.15) is 18.1 Å². The molecule has 19 heavy (non-hydrogen) atoms. The number of anilines is 1. The molecule has 0 aliphatic carbocycles. The first-order valence-electron chi connectivity index (χ1n) is 6.08. The van der Waals surface area contributed by atoms with E-state index in [1.54, 1.807) is 7.11 Å². The zero-order valence-corrected chi connectivity index (χ0v) is 11.1. The van der Waals surface area contributed by atoms with Gasteiger partial charge in [-0.1, -0.05) is 0 Å². The number of methoxy groups -OCH3 is 1. The fourth-order valence-corrected chi connectivity index (χ4v) is 1.89. The Bertz CT molecular complexity index is 407. The van der Waals surface area contributed by atoms with Gasteiger partial charge in [0.15, 0.2) is 0 Å². The predicted molar refractivity (Wildman–Crippen MR) is 69.1 cm³/mol. The SMILES string of the molecule is CCN(CCOC)c1ccc(C(F)(F)F)c(CN)c1. The molecular weight excluding hydrogens is 257 g/mol. The van der Waals surface area contributed by atoms with E-state index in [1.165, 1.54) is 12.1 Å². The summed E-state index contributed by atoms with van der Waals surface area (Å²) in [5.41, 5.74) is 5.59. The molecule has 1 aromatic rings. The Morgan fingerprint density at radius 2 is 2.00 bits per heavy atom. The van der Waals surface area contributed by atoms with Crippen LogP contribution in [0.4, 0.5) is 18.9 Å². The Morgan fingerprint density at radius 1 is 1.32 bits per heavy atom. The van der Waals surface area contributed by atoms with E-state index < -0.39 is 11.7 Å². The van der Waals surface area contributed by atoms with Crippen molar-refractivity contribution in [2.75, 3.05) is 31.7 Å². The molecule has 0 heterocycles. The van der Waals surface area contributed by atoms with Crippen molar-refractivity contribution < 1.29 is 17.9 Å². The van der Waals surface area contributed by atoms with Crippen LogP contribution in [-0.2, 0) is 17.5 Å². The van der Waals surface area contributed by atoms with E-state index in [1.807, 2.05) is 11.8 Å². The van der Waals surface area contributed by atoms with E-state index in [2.05, 4.69) is 0 Å². The van der Waals surface area contributed by atoms with Crippen LogP contribution >= 0.6 is 0 Å². The Hall–Kier alpha value is -1.27. The maximum atomic E-state index is 12.8. The van der Waals surface area contributed by atoms with Crippen LogP contribution in [-0.4, -0.2) is 26.8 Å². The van der Waals surface area contributed by atoms with Crippen LogP contribution in [0.2, 0.25) is 0 Å². The van der Waals surface area contributed by atoms with Crippen LogP contribution in [0.3, 0.4) is 0 Å². The molecule has 0 atom stereocenters. The Balaban J connectivity index is 3.04. The van der Waals surface area contributed by atoms with Crippen molar-refractivity contribution in [2.24, 2.45) is 5.73 Å². The lowest BCUT2D eigenvalue weighted by Gasteiger charge is -2.24. The summed E-state index contributed by atoms with van der Waals surface area (Å²) in [7, 11) is 1.59. The fourth-order valence-electron chi connectivity index (χ4n) is 1.89. The molecule has 0 unspecified atom stereocenters. The minimum absolute atomic E-state index is 0.112. The summed E-state index contributed by atoms with van der Waals surface area (Å²) >= 11 is 0. The molecule has 0 fully saturated rings. The highest BCUT2D eigenvalue weighted by atomic mass is 19.4. The zero-order valence-electron chi connectivity index (χ0n) is 11.1. The maximum Gasteiger partial charge on any atom is 0.416 e. The lowest BCUT2D eigenvalue weighted by molar-refractivity contribution is -0.138. The van der Waals surface area contributed by atoms with Gasteiger partial charge in [-0.25, -0.2) is 0 Å². The van der Waals surface area contributed by atoms with E-state index in [9.17, 15) is 13.2 Å². The minimum Gasteiger partial charge on any atom is -0.383 e. The quantitative estimate of drug-likeness (QED) is 0.868. The number of nitrogens with zero attached hydrogens (tertiary/aromatic N) is 1. The summed E-state index contributed by atoms with van der Waals surface area (Å²) in [4.78, 5) is 1.95. The molecule has 0 aliphatic heterocycles. The van der Waals surface area contributed by atoms with Crippen LogP contribution in [0.25, 0.3) is 0 Å². The van der Waals surface area contributed by atoms with Gasteiger partial charge in [-0.15, -0.1) is 0 Å². The third-order valence-electron chi connectivity index (χ3n) is 2.93. The molecular formula is C13H19F3N2O. The molecule has 1 rings (SSSR count). The van der Waals surface area contributed by atoms with Crippen LogP contribution < -0.4 is 10.6 Å². The summed E-state index contributed by atoms with van der Waals surface area (Å²) in [5.74, 6) is 0. The first kappa shape index (κ1) is 15.8. The number of halogens is 3. The molecule has 108 valence electrons. The topological polar surface area (TPSA) is 38.5 Å². The normalized spacial score (nSPS) is 11.7. The first-order chi connectivity index (χ1) is 8.93. The van der Waals surface area contributed by atoms with Gasteiger partial charge in [-0.05, 0) is 30.7 Å². The highest BCUT2D eigenvalue weighted by Gasteiger charge is 2.33. The van der Waals surface area contributed by atoms with E-state index in [0.717, 1.165) is 11.8 Å². The van der Waals surface area contributed by atoms with Gasteiger partial charge in [-0.3, -0.25) is 0 Å². The van der Waals surface area contributed by atoms with Crippen molar-refractivity contribution in [1.29, 1.82) is 0 Å². The Kier molecular flexibility index (Phi) is 5.62. The number of nitrogens with two attached hydrogens (primary N) is 1. The summed E-state index contributed by atoms with van der Waals surface area (Å²) in [6.07, 6.45) is -4.36. The van der Waals surface area contributed by atoms with Gasteiger partial charge >= 0.3 is 6.18 Å². The van der Waals surface area contributed by atoms with Gasteiger partial charge in [0.1, 0.15) is 0 Å². The van der Waals surface area contributed by atoms with E-state index in [-0.39, 0.29) is 12.1 Å². The summed E-state index contributed by atoms with van der Waals surface area (Å²) in [6.45, 7) is 3.65. The second kappa shape index (κ2) is 6.77. The molecule has 0 bridgehead atoms. The standard InChI is InChI=1S/C13H19F3N2O/c1-3-18(6-7-19-2)11-4-5-12(13(14,15)16)10(8-11)9-17/h4-5,8H,3,6-7,9,17H2,1-2H3. The number of ether oxygens (including phenoxy) is 1. The van der Waals surface area contributed by atoms with E-state index >= 15 is 0 Å². The monoisotopic (exact) mass is 276 g/mol. The van der Waals surface area contributed by atoms with Crippen molar-refractivity contribution in [3.05, 3.63) is 29.3 Å². The molecule has 0 spiro atoms. The maximum absolute atomic E-state index is 12.8. The molecule has 3 nitrogen and oxygen atoms in total. The third-order valence-corrected chi connectivity index (χ3v) is 2.93. The lowest BCUT2D eigenvalue weighted by Crippen LogP contribution is -2.27. The summed E-state index contributed by atoms with van der Waals surface area (Å²) in [5, 5.41) is 0. The van der Waals surface area contributed by atoms with Gasteiger partial charge in [0.2, 0.25) is 0 Å². The third kappa shape index (κ3) is 4.11. The van der Waals surface area contributed by atoms with Crippen molar-refractivity contribution >= 4 is 5.69 Å². The highest BCUT2D eigenvalue weighted by Crippen LogP contribution is 2.33. The Labute approximate surface area is 111 Å². The second-order valence-electron chi connectivity index (χ2n) is 4.12. The van der Waals surface area contributed by atoms with Crippen LogP contribution in [0.5, 0.6) is 0 Å². The predicted octanol–water partition coefficient (Wildman–Crippen LogP) is 2.64. The van der Waals surface area contributed by atoms with Gasteiger partial charge in [0.05, 0.1) is 12.2 Å². The van der Waals surface area contributed by atoms with Crippen molar-refractivity contribution in [1.82, 2.24) is 0 Å². The first-order valence-corrected chi connectivity index (χ1v) is 6.08. The second-order valence-corrected chi connectivity index (χ2v) is 4.12. The summed E-state index contributed by atoms with van der Waals surface area (Å²) in [6, 6.07) is 4.07. The number of rotatable bonds is 6. The largest absolute Gasteiger partial charge is 0.416 e. The average molecular weight is 276 g/mol. The van der Waals surface area contributed by atoms with Crippen molar-refractivity contribution in [3.8, 4) is 0 Å². The average Bonchev–Trinajstić information content (AvgIpc) is 2.38. The summed E-state index contributed by atoms with van der Waals surface area (Å²) < 4.78 is 43.3. The van der Waals surface area contributed by atoms with E-state index in [0.29, 0.717) is 19.7 Å². The Morgan fingerprint density at radius 3 is 2.47 bits per heavy atom. The fraction of sp³-hybridized carbons (Fsp3) is 0.538. The van der Waals surface area contributed by atoms with Gasteiger partial charge < -0.3 is 15.4 Å². The number of hydrogen-bond donors (Lipinski definition) is 1. The van der Waals surface area contributed by atoms with Crippen molar-refractivity contribution in [3.63, 3.8) is 0 Å². The molecule has 0 radical (unpaired) electrons. The van der Waals surface area contributed by atoms with Gasteiger partial charge in [-0.2, -0.15) is 13.2 Å². The molecule has 1 aromatic carbocycles. The molecule has 0 aromatic heterocycles. The zero-order chi connectivity index (χ0) is 14.5. The smallest absolute Gasteiger partial charge is 0.383 e. The van der Waals surface area contributed by atoms with Crippen LogP contribution in [0, 0.1) is 0 Å². The minimum atomic E-state index is -4.36. The number of likely N-dealkylation sites (N-methyl/N-ethyl adjacent to an activating group) is 1. The van der Waals surface area contributed by atoms with E-state index in [4.69, 9.17) is 10.5 Å². The van der Waals surface area contributed by atoms with Crippen LogP contribution in [0.15, 0.2) is 18.2 Å². The molecule has 0 amide bonds. The molecule has 2 N–H and O–H groups in total. The number of benzene rings is 1. The van der Waals surface area contributed by atoms with Gasteiger partial charge in [0, 0.05) is 32.4 Å². The number of alkyl halides is 3. The molecule has 0 saturated heterocycles. The molecule has 6 heteroatoms. The molecule has 0 saturated carbocycles. The number of hydrogen-bond acceptors (Lipinski definition) is 3. The lowest BCUT2D eigenvalue weighted by atomic mass is 10.1.